The number of fused-ring (bicyclic) bond motifs is 1. The molecule has 171 valence electrons. The summed E-state index contributed by atoms with van der Waals surface area (Å²) in [6.07, 6.45) is 2.02. The summed E-state index contributed by atoms with van der Waals surface area (Å²) in [4.78, 5) is 41.1. The molecule has 0 aliphatic carbocycles. The number of carboxylic acids is 1. The number of nitrogens with one attached hydrogen (secondary N) is 3. The van der Waals surface area contributed by atoms with Gasteiger partial charge in [-0.05, 0) is 35.4 Å². The number of aliphatic carboxylic acids is 1. The van der Waals surface area contributed by atoms with Crippen LogP contribution in [0.15, 0.2) is 85.1 Å². The maximum absolute atomic E-state index is 13.2. The lowest BCUT2D eigenvalue weighted by atomic mass is 10.0. The van der Waals surface area contributed by atoms with Gasteiger partial charge < -0.3 is 20.7 Å². The van der Waals surface area contributed by atoms with Gasteiger partial charge in [0.2, 0.25) is 5.91 Å². The molecule has 0 aliphatic rings. The first-order chi connectivity index (χ1) is 16.5. The van der Waals surface area contributed by atoms with Gasteiger partial charge >= 0.3 is 5.97 Å². The summed E-state index contributed by atoms with van der Waals surface area (Å²) < 4.78 is 0. The molecule has 34 heavy (non-hydrogen) atoms. The zero-order valence-corrected chi connectivity index (χ0v) is 18.3. The quantitative estimate of drug-likeness (QED) is 0.311. The van der Waals surface area contributed by atoms with E-state index in [1.54, 1.807) is 48.7 Å². The van der Waals surface area contributed by atoms with Crippen LogP contribution >= 0.6 is 0 Å². The molecule has 3 aromatic carbocycles. The SMILES string of the molecule is O=C(NC(Cc1[c]cccc1)C(=O)N[C@@H](Cc1c[nH]c2ccccc12)C(=O)O)c1ccccc1. The number of carboxylic acid groups (broad SMARTS) is 1. The first-order valence-corrected chi connectivity index (χ1v) is 10.9. The first kappa shape index (κ1) is 22.8. The molecule has 7 nitrogen and oxygen atoms in total. The Labute approximate surface area is 196 Å². The smallest absolute Gasteiger partial charge is 0.326 e. The van der Waals surface area contributed by atoms with Crippen molar-refractivity contribution < 1.29 is 19.5 Å². The molecular weight excluding hydrogens is 430 g/mol. The number of para-hydroxylation sites is 1. The molecule has 0 aliphatic heterocycles. The van der Waals surface area contributed by atoms with Crippen LogP contribution in [0.3, 0.4) is 0 Å². The molecule has 4 rings (SSSR count). The Morgan fingerprint density at radius 2 is 1.59 bits per heavy atom. The molecule has 4 N–H and O–H groups in total. The normalized spacial score (nSPS) is 12.6. The molecule has 0 saturated carbocycles. The van der Waals surface area contributed by atoms with E-state index in [0.717, 1.165) is 22.0 Å². The van der Waals surface area contributed by atoms with Gasteiger partial charge in [0.25, 0.3) is 5.91 Å². The first-order valence-electron chi connectivity index (χ1n) is 10.9. The molecule has 4 aromatic rings. The van der Waals surface area contributed by atoms with Crippen molar-refractivity contribution in [1.29, 1.82) is 0 Å². The summed E-state index contributed by atoms with van der Waals surface area (Å²) in [6, 6.07) is 24.2. The van der Waals surface area contributed by atoms with Crippen molar-refractivity contribution in [2.75, 3.05) is 0 Å². The fourth-order valence-corrected chi connectivity index (χ4v) is 3.81. The van der Waals surface area contributed by atoms with Crippen LogP contribution < -0.4 is 10.6 Å². The fourth-order valence-electron chi connectivity index (χ4n) is 3.81. The molecule has 2 atom stereocenters. The zero-order valence-electron chi connectivity index (χ0n) is 18.3. The Balaban J connectivity index is 1.53. The number of H-pyrrole nitrogens is 1. The molecular formula is C27H24N3O4. The number of hydrogen-bond donors (Lipinski definition) is 4. The van der Waals surface area contributed by atoms with Crippen LogP contribution in [0.5, 0.6) is 0 Å². The monoisotopic (exact) mass is 454 g/mol. The van der Waals surface area contributed by atoms with Gasteiger partial charge in [-0.25, -0.2) is 4.79 Å². The van der Waals surface area contributed by atoms with Gasteiger partial charge in [-0.15, -0.1) is 0 Å². The number of amides is 2. The van der Waals surface area contributed by atoms with Crippen LogP contribution in [0, 0.1) is 6.07 Å². The molecule has 0 saturated heterocycles. The van der Waals surface area contributed by atoms with Crippen molar-refractivity contribution in [2.45, 2.75) is 24.9 Å². The topological polar surface area (TPSA) is 111 Å². The van der Waals surface area contributed by atoms with E-state index >= 15 is 0 Å². The summed E-state index contributed by atoms with van der Waals surface area (Å²) in [7, 11) is 0. The summed E-state index contributed by atoms with van der Waals surface area (Å²) in [5.41, 5.74) is 2.80. The van der Waals surface area contributed by atoms with Gasteiger partial charge in [-0.1, -0.05) is 60.7 Å². The van der Waals surface area contributed by atoms with Crippen molar-refractivity contribution in [3.8, 4) is 0 Å². The Hall–Kier alpha value is -4.39. The maximum Gasteiger partial charge on any atom is 0.326 e. The average Bonchev–Trinajstić information content (AvgIpc) is 3.27. The van der Waals surface area contributed by atoms with Crippen LogP contribution in [-0.4, -0.2) is 40.0 Å². The van der Waals surface area contributed by atoms with Gasteiger partial charge in [0.1, 0.15) is 12.1 Å². The highest BCUT2D eigenvalue weighted by atomic mass is 16.4. The minimum Gasteiger partial charge on any atom is -0.480 e. The third-order valence-corrected chi connectivity index (χ3v) is 5.57. The summed E-state index contributed by atoms with van der Waals surface area (Å²) >= 11 is 0. The summed E-state index contributed by atoms with van der Waals surface area (Å²) in [5.74, 6) is -2.15. The van der Waals surface area contributed by atoms with Gasteiger partial charge in [0.05, 0.1) is 0 Å². The molecule has 1 unspecified atom stereocenters. The second-order valence-corrected chi connectivity index (χ2v) is 7.95. The van der Waals surface area contributed by atoms with Crippen molar-refractivity contribution >= 4 is 28.7 Å². The lowest BCUT2D eigenvalue weighted by molar-refractivity contribution is -0.142. The van der Waals surface area contributed by atoms with Crippen LogP contribution in [0.4, 0.5) is 0 Å². The Bertz CT molecular complexity index is 1290. The van der Waals surface area contributed by atoms with E-state index in [4.69, 9.17) is 0 Å². The fraction of sp³-hybridized carbons (Fsp3) is 0.148. The van der Waals surface area contributed by atoms with Gasteiger partial charge in [-0.2, -0.15) is 0 Å². The van der Waals surface area contributed by atoms with E-state index in [-0.39, 0.29) is 12.8 Å². The summed E-state index contributed by atoms with van der Waals surface area (Å²) in [5, 5.41) is 16.1. The predicted octanol–water partition coefficient (Wildman–Crippen LogP) is 3.12. The second kappa shape index (κ2) is 10.5. The van der Waals surface area contributed by atoms with Gasteiger partial charge in [0.15, 0.2) is 0 Å². The van der Waals surface area contributed by atoms with Crippen LogP contribution in [0.2, 0.25) is 0 Å². The van der Waals surface area contributed by atoms with E-state index in [1.807, 2.05) is 36.4 Å². The molecule has 0 bridgehead atoms. The number of benzene rings is 3. The van der Waals surface area contributed by atoms with E-state index in [2.05, 4.69) is 21.7 Å². The Morgan fingerprint density at radius 1 is 0.853 bits per heavy atom. The number of rotatable bonds is 9. The molecule has 1 aromatic heterocycles. The highest BCUT2D eigenvalue weighted by molar-refractivity contribution is 5.98. The molecule has 1 radical (unpaired) electrons. The molecule has 2 amide bonds. The number of carbonyl (C=O) groups is 3. The minimum atomic E-state index is -1.16. The third kappa shape index (κ3) is 5.50. The summed E-state index contributed by atoms with van der Waals surface area (Å²) in [6.45, 7) is 0. The molecule has 0 spiro atoms. The van der Waals surface area contributed by atoms with Crippen LogP contribution in [0.25, 0.3) is 10.9 Å². The van der Waals surface area contributed by atoms with E-state index in [1.165, 1.54) is 0 Å². The zero-order chi connectivity index (χ0) is 23.9. The van der Waals surface area contributed by atoms with Gasteiger partial charge in [0, 0.05) is 35.5 Å². The van der Waals surface area contributed by atoms with Crippen LogP contribution in [-0.2, 0) is 22.4 Å². The van der Waals surface area contributed by atoms with Crippen molar-refractivity contribution in [1.82, 2.24) is 15.6 Å². The highest BCUT2D eigenvalue weighted by Gasteiger charge is 2.28. The van der Waals surface area contributed by atoms with Crippen LogP contribution in [0.1, 0.15) is 21.5 Å². The Kier molecular flexibility index (Phi) is 7.03. The second-order valence-electron chi connectivity index (χ2n) is 7.95. The maximum atomic E-state index is 13.2. The third-order valence-electron chi connectivity index (χ3n) is 5.57. The van der Waals surface area contributed by atoms with E-state index < -0.39 is 29.9 Å². The number of hydrogen-bond acceptors (Lipinski definition) is 3. The number of aromatic nitrogens is 1. The molecule has 1 heterocycles. The highest BCUT2D eigenvalue weighted by Crippen LogP contribution is 2.19. The lowest BCUT2D eigenvalue weighted by Crippen LogP contribution is -2.53. The Morgan fingerprint density at radius 3 is 2.32 bits per heavy atom. The van der Waals surface area contributed by atoms with Crippen molar-refractivity contribution in [2.24, 2.45) is 0 Å². The molecule has 7 heteroatoms. The number of aromatic amines is 1. The van der Waals surface area contributed by atoms with E-state index in [9.17, 15) is 19.5 Å². The number of carbonyl (C=O) groups excluding carboxylic acids is 2. The minimum absolute atomic E-state index is 0.0991. The average molecular weight is 455 g/mol. The predicted molar refractivity (Wildman–Crippen MR) is 128 cm³/mol. The van der Waals surface area contributed by atoms with Gasteiger partial charge in [-0.3, -0.25) is 9.59 Å². The van der Waals surface area contributed by atoms with Crippen molar-refractivity contribution in [3.63, 3.8) is 0 Å². The van der Waals surface area contributed by atoms with E-state index in [0.29, 0.717) is 5.56 Å². The standard InChI is InChI=1S/C27H24N3O4/c31-25(19-11-5-2-6-12-19)29-23(15-18-9-3-1-4-10-18)26(32)30-24(27(33)34)16-20-17-28-22-14-8-7-13-21(20)22/h1-9,11-14,17,23-24,28H,15-16H2,(H,29,31)(H,30,32)(H,33,34)/t23?,24-/m0/s1. The lowest BCUT2D eigenvalue weighted by Gasteiger charge is -2.22. The molecule has 0 fully saturated rings. The largest absolute Gasteiger partial charge is 0.480 e. The van der Waals surface area contributed by atoms with Crippen molar-refractivity contribution in [3.05, 3.63) is 108 Å².